The lowest BCUT2D eigenvalue weighted by Crippen LogP contribution is -2.19. The van der Waals surface area contributed by atoms with Crippen LogP contribution in [0.25, 0.3) is 10.2 Å². The van der Waals surface area contributed by atoms with Crippen LogP contribution in [0, 0.1) is 25.2 Å². The van der Waals surface area contributed by atoms with Gasteiger partial charge in [-0.3, -0.25) is 0 Å². The molecule has 0 amide bonds. The summed E-state index contributed by atoms with van der Waals surface area (Å²) in [6.45, 7) is 4.00. The highest BCUT2D eigenvalue weighted by molar-refractivity contribution is 7.19. The number of rotatable bonds is 1. The number of nitrogens with zero attached hydrogens (tertiary/aromatic N) is 2. The molecule has 4 rings (SSSR count). The maximum atomic E-state index is 9.64. The normalized spacial score (nSPS) is 16.5. The molecular weight excluding hydrogens is 354 g/mol. The summed E-state index contributed by atoms with van der Waals surface area (Å²) in [4.78, 5) is 6.48. The first-order chi connectivity index (χ1) is 12.0. The van der Waals surface area contributed by atoms with E-state index in [-0.39, 0.29) is 11.8 Å². The highest BCUT2D eigenvalue weighted by Crippen LogP contribution is 2.50. The van der Waals surface area contributed by atoms with E-state index in [1.54, 1.807) is 11.3 Å². The van der Waals surface area contributed by atoms with E-state index < -0.39 is 0 Å². The standard InChI is InChI=1S/C19H14ClN3OS/c1-9-7-10(2)23-19-14(9)16-17(25-19)15(13(8-21)18(22)24-16)11-3-5-12(20)6-4-11/h3-7,15H,22H2,1-2H3/t15-/m0/s1. The number of hydrogen-bond donors (Lipinski definition) is 1. The molecule has 1 aliphatic heterocycles. The highest BCUT2D eigenvalue weighted by Gasteiger charge is 2.34. The molecule has 0 saturated heterocycles. The van der Waals surface area contributed by atoms with Crippen LogP contribution in [0.15, 0.2) is 41.8 Å². The minimum Gasteiger partial charge on any atom is -0.439 e. The summed E-state index contributed by atoms with van der Waals surface area (Å²) in [5.74, 6) is 0.584. The number of nitriles is 1. The van der Waals surface area contributed by atoms with Gasteiger partial charge in [0.25, 0.3) is 0 Å². The Morgan fingerprint density at radius 1 is 1.28 bits per heavy atom. The number of fused-ring (bicyclic) bond motifs is 3. The zero-order valence-electron chi connectivity index (χ0n) is 13.6. The molecule has 2 N–H and O–H groups in total. The van der Waals surface area contributed by atoms with Gasteiger partial charge in [0.05, 0.1) is 16.2 Å². The Morgan fingerprint density at radius 2 is 2.00 bits per heavy atom. The van der Waals surface area contributed by atoms with E-state index in [0.717, 1.165) is 31.9 Å². The molecule has 3 aromatic rings. The van der Waals surface area contributed by atoms with Gasteiger partial charge in [-0.2, -0.15) is 5.26 Å². The van der Waals surface area contributed by atoms with Crippen LogP contribution in [0.1, 0.15) is 27.6 Å². The van der Waals surface area contributed by atoms with Gasteiger partial charge in [-0.05, 0) is 43.2 Å². The Morgan fingerprint density at radius 3 is 2.68 bits per heavy atom. The first kappa shape index (κ1) is 15.9. The third-order valence-electron chi connectivity index (χ3n) is 4.32. The van der Waals surface area contributed by atoms with E-state index in [2.05, 4.69) is 11.1 Å². The van der Waals surface area contributed by atoms with Crippen molar-refractivity contribution in [3.8, 4) is 11.8 Å². The van der Waals surface area contributed by atoms with Crippen molar-refractivity contribution in [2.45, 2.75) is 19.8 Å². The number of ether oxygens (including phenoxy) is 1. The first-order valence-electron chi connectivity index (χ1n) is 7.73. The Bertz CT molecular complexity index is 1080. The number of thiophene rings is 1. The number of allylic oxidation sites excluding steroid dienone is 1. The summed E-state index contributed by atoms with van der Waals surface area (Å²) in [7, 11) is 0. The lowest BCUT2D eigenvalue weighted by Gasteiger charge is -2.24. The predicted molar refractivity (Wildman–Crippen MR) is 99.8 cm³/mol. The van der Waals surface area contributed by atoms with Crippen molar-refractivity contribution >= 4 is 33.2 Å². The molecule has 0 unspecified atom stereocenters. The summed E-state index contributed by atoms with van der Waals surface area (Å²) < 4.78 is 5.86. The van der Waals surface area contributed by atoms with Crippen molar-refractivity contribution in [2.75, 3.05) is 0 Å². The molecule has 3 heterocycles. The molecule has 124 valence electrons. The highest BCUT2D eigenvalue weighted by atomic mass is 35.5. The van der Waals surface area contributed by atoms with Crippen LogP contribution in [0.4, 0.5) is 0 Å². The largest absolute Gasteiger partial charge is 0.439 e. The van der Waals surface area contributed by atoms with Crippen molar-refractivity contribution in [1.82, 2.24) is 4.98 Å². The van der Waals surface area contributed by atoms with Crippen molar-refractivity contribution in [3.63, 3.8) is 0 Å². The monoisotopic (exact) mass is 367 g/mol. The maximum absolute atomic E-state index is 9.64. The maximum Gasteiger partial charge on any atom is 0.205 e. The van der Waals surface area contributed by atoms with Crippen molar-refractivity contribution < 1.29 is 4.74 Å². The molecule has 0 fully saturated rings. The van der Waals surface area contributed by atoms with Gasteiger partial charge in [0, 0.05) is 10.7 Å². The smallest absolute Gasteiger partial charge is 0.205 e. The first-order valence-corrected chi connectivity index (χ1v) is 8.92. The molecule has 1 aliphatic rings. The van der Waals surface area contributed by atoms with Gasteiger partial charge in [0.15, 0.2) is 5.75 Å². The van der Waals surface area contributed by atoms with Crippen LogP contribution in [0.5, 0.6) is 5.75 Å². The second-order valence-electron chi connectivity index (χ2n) is 6.03. The van der Waals surface area contributed by atoms with E-state index in [9.17, 15) is 5.26 Å². The second-order valence-corrected chi connectivity index (χ2v) is 7.50. The fraction of sp³-hybridized carbons (Fsp3) is 0.158. The third-order valence-corrected chi connectivity index (χ3v) is 5.70. The number of halogens is 1. The fourth-order valence-corrected chi connectivity index (χ4v) is 4.74. The molecule has 6 heteroatoms. The van der Waals surface area contributed by atoms with Crippen molar-refractivity contribution in [2.24, 2.45) is 5.73 Å². The molecular formula is C19H14ClN3OS. The number of hydrogen-bond acceptors (Lipinski definition) is 5. The Labute approximate surface area is 154 Å². The number of nitrogens with two attached hydrogens (primary N) is 1. The molecule has 2 aromatic heterocycles. The van der Waals surface area contributed by atoms with E-state index in [0.29, 0.717) is 16.3 Å². The SMILES string of the molecule is Cc1cc(C)c2c3c(sc2n1)[C@@H](c1ccc(Cl)cc1)C(C#N)=C(N)O3. The average molecular weight is 368 g/mol. The van der Waals surface area contributed by atoms with Gasteiger partial charge in [-0.1, -0.05) is 23.7 Å². The van der Waals surface area contributed by atoms with Crippen LogP contribution in [-0.4, -0.2) is 4.98 Å². The molecule has 25 heavy (non-hydrogen) atoms. The molecule has 0 aliphatic carbocycles. The fourth-order valence-electron chi connectivity index (χ4n) is 3.25. The average Bonchev–Trinajstić information content (AvgIpc) is 2.92. The van der Waals surface area contributed by atoms with Crippen molar-refractivity contribution in [3.05, 3.63) is 68.5 Å². The quantitative estimate of drug-likeness (QED) is 0.671. The zero-order chi connectivity index (χ0) is 17.7. The topological polar surface area (TPSA) is 71.9 Å². The number of aromatic nitrogens is 1. The summed E-state index contributed by atoms with van der Waals surface area (Å²) in [5.41, 5.74) is 9.49. The minimum absolute atomic E-state index is 0.148. The number of pyridine rings is 1. The predicted octanol–water partition coefficient (Wildman–Crippen LogP) is 4.78. The molecule has 1 aromatic carbocycles. The van der Waals surface area contributed by atoms with Crippen LogP contribution in [0.3, 0.4) is 0 Å². The van der Waals surface area contributed by atoms with Crippen molar-refractivity contribution in [1.29, 1.82) is 5.26 Å². The third kappa shape index (κ3) is 2.46. The van der Waals surface area contributed by atoms with Crippen LogP contribution < -0.4 is 10.5 Å². The van der Waals surface area contributed by atoms with Gasteiger partial charge in [0.2, 0.25) is 5.88 Å². The summed E-state index contributed by atoms with van der Waals surface area (Å²) in [5, 5.41) is 11.3. The molecule has 0 radical (unpaired) electrons. The molecule has 0 bridgehead atoms. The summed E-state index contributed by atoms with van der Waals surface area (Å²) >= 11 is 7.56. The van der Waals surface area contributed by atoms with Gasteiger partial charge >= 0.3 is 0 Å². The zero-order valence-corrected chi connectivity index (χ0v) is 15.2. The molecule has 0 saturated carbocycles. The van der Waals surface area contributed by atoms with Crippen LogP contribution in [0.2, 0.25) is 5.02 Å². The Kier molecular flexibility index (Phi) is 3.68. The van der Waals surface area contributed by atoms with Crippen LogP contribution >= 0.6 is 22.9 Å². The van der Waals surface area contributed by atoms with Gasteiger partial charge in [-0.15, -0.1) is 11.3 Å². The Balaban J connectivity index is 2.02. The van der Waals surface area contributed by atoms with E-state index >= 15 is 0 Å². The van der Waals surface area contributed by atoms with Crippen LogP contribution in [-0.2, 0) is 0 Å². The molecule has 0 spiro atoms. The van der Waals surface area contributed by atoms with E-state index in [1.807, 2.05) is 44.2 Å². The molecule has 4 nitrogen and oxygen atoms in total. The Hall–Kier alpha value is -2.55. The van der Waals surface area contributed by atoms with E-state index in [4.69, 9.17) is 22.1 Å². The number of aryl methyl sites for hydroxylation is 2. The summed E-state index contributed by atoms with van der Waals surface area (Å²) in [6, 6.07) is 11.7. The lowest BCUT2D eigenvalue weighted by atomic mass is 9.88. The molecule has 1 atom stereocenters. The van der Waals surface area contributed by atoms with Gasteiger partial charge < -0.3 is 10.5 Å². The minimum atomic E-state index is -0.273. The summed E-state index contributed by atoms with van der Waals surface area (Å²) in [6.07, 6.45) is 0. The van der Waals surface area contributed by atoms with E-state index in [1.165, 1.54) is 0 Å². The second kappa shape index (κ2) is 5.76. The van der Waals surface area contributed by atoms with Gasteiger partial charge in [0.1, 0.15) is 16.5 Å². The lowest BCUT2D eigenvalue weighted by molar-refractivity contribution is 0.401. The van der Waals surface area contributed by atoms with Gasteiger partial charge in [-0.25, -0.2) is 4.98 Å². The number of benzene rings is 1.